The summed E-state index contributed by atoms with van der Waals surface area (Å²) in [5.41, 5.74) is 7.40. The lowest BCUT2D eigenvalue weighted by Crippen LogP contribution is -2.45. The topological polar surface area (TPSA) is 127 Å². The molecule has 3 atom stereocenters. The molecule has 218 valence electrons. The molecule has 0 aliphatic carbocycles. The van der Waals surface area contributed by atoms with Gasteiger partial charge in [0.2, 0.25) is 18.4 Å². The number of hydrogen-bond acceptors (Lipinski definition) is 8. The Balaban J connectivity index is 1.62. The number of aliphatic carboxylic acids is 1. The van der Waals surface area contributed by atoms with Gasteiger partial charge in [0.25, 0.3) is 0 Å². The number of likely N-dealkylation sites (tertiary alicyclic amines) is 1. The molecule has 1 amide bonds. The number of carboxylic acid groups (broad SMARTS) is 1. The number of carbonyl (C=O) groups excluding carboxylic acids is 1. The van der Waals surface area contributed by atoms with Crippen molar-refractivity contribution in [1.29, 1.82) is 0 Å². The third kappa shape index (κ3) is 7.03. The van der Waals surface area contributed by atoms with E-state index in [1.54, 1.807) is 13.3 Å². The smallest absolute Gasteiger partial charge is 0.308 e. The fourth-order valence-corrected chi connectivity index (χ4v) is 5.83. The highest BCUT2D eigenvalue weighted by molar-refractivity contribution is 5.79. The molecule has 2 aromatic rings. The quantitative estimate of drug-likeness (QED) is 0.319. The second kappa shape index (κ2) is 14.3. The maximum Gasteiger partial charge on any atom is 0.308 e. The number of aryl methyl sites for hydroxylation is 1. The summed E-state index contributed by atoms with van der Waals surface area (Å²) in [6.45, 7) is 4.75. The lowest BCUT2D eigenvalue weighted by Gasteiger charge is -2.29. The summed E-state index contributed by atoms with van der Waals surface area (Å²) in [6.07, 6.45) is 6.57. The zero-order valence-corrected chi connectivity index (χ0v) is 23.6. The fourth-order valence-electron chi connectivity index (χ4n) is 5.83. The molecule has 1 fully saturated rings. The molecular formula is C30H42N4O6. The van der Waals surface area contributed by atoms with Crippen LogP contribution in [0.15, 0.2) is 36.5 Å². The molecule has 40 heavy (non-hydrogen) atoms. The molecule has 2 aliphatic rings. The van der Waals surface area contributed by atoms with E-state index in [1.807, 2.05) is 35.2 Å². The van der Waals surface area contributed by atoms with Gasteiger partial charge < -0.3 is 30.0 Å². The lowest BCUT2D eigenvalue weighted by molar-refractivity contribution is -0.143. The highest BCUT2D eigenvalue weighted by Gasteiger charge is 2.47. The summed E-state index contributed by atoms with van der Waals surface area (Å²) in [4.78, 5) is 34.9. The van der Waals surface area contributed by atoms with Crippen molar-refractivity contribution in [3.05, 3.63) is 47.8 Å². The predicted molar refractivity (Wildman–Crippen MR) is 151 cm³/mol. The molecule has 1 aromatic heterocycles. The van der Waals surface area contributed by atoms with Gasteiger partial charge in [-0.1, -0.05) is 19.4 Å². The summed E-state index contributed by atoms with van der Waals surface area (Å²) in [5.74, 6) is -0.344. The average molecular weight is 555 g/mol. The first-order chi connectivity index (χ1) is 19.5. The highest BCUT2D eigenvalue weighted by Crippen LogP contribution is 2.47. The molecule has 3 heterocycles. The number of fused-ring (bicyclic) bond motifs is 1. The largest absolute Gasteiger partial charge is 0.493 e. The maximum atomic E-state index is 13.6. The summed E-state index contributed by atoms with van der Waals surface area (Å²) in [7, 11) is 1.56. The van der Waals surface area contributed by atoms with Gasteiger partial charge in [-0.3, -0.25) is 19.5 Å². The molecule has 0 radical (unpaired) electrons. The first kappa shape index (κ1) is 29.6. The Morgan fingerprint density at radius 3 is 2.73 bits per heavy atom. The van der Waals surface area contributed by atoms with E-state index in [0.717, 1.165) is 36.9 Å². The van der Waals surface area contributed by atoms with E-state index in [2.05, 4.69) is 16.8 Å². The number of aromatic nitrogens is 1. The van der Waals surface area contributed by atoms with E-state index < -0.39 is 11.9 Å². The van der Waals surface area contributed by atoms with Gasteiger partial charge in [-0.15, -0.1) is 0 Å². The molecule has 2 aliphatic heterocycles. The summed E-state index contributed by atoms with van der Waals surface area (Å²) in [5, 5.41) is 10.5. The molecule has 10 heteroatoms. The van der Waals surface area contributed by atoms with E-state index in [0.29, 0.717) is 56.3 Å². The van der Waals surface area contributed by atoms with Crippen LogP contribution in [0.25, 0.3) is 0 Å². The number of unbranched alkanes of at least 4 members (excludes halogenated alkanes) is 2. The Kier molecular flexibility index (Phi) is 10.6. The summed E-state index contributed by atoms with van der Waals surface area (Å²) in [6, 6.07) is 9.10. The minimum absolute atomic E-state index is 0.0290. The van der Waals surface area contributed by atoms with Crippen molar-refractivity contribution in [3.8, 4) is 17.2 Å². The minimum atomic E-state index is -0.881. The second-order valence-corrected chi connectivity index (χ2v) is 10.5. The van der Waals surface area contributed by atoms with E-state index in [-0.39, 0.29) is 31.2 Å². The molecule has 0 spiro atoms. The number of benzene rings is 1. The third-order valence-electron chi connectivity index (χ3n) is 7.92. The van der Waals surface area contributed by atoms with Crippen molar-refractivity contribution in [1.82, 2.24) is 14.8 Å². The number of nitrogens with zero attached hydrogens (tertiary/aromatic N) is 3. The van der Waals surface area contributed by atoms with E-state index in [9.17, 15) is 14.7 Å². The van der Waals surface area contributed by atoms with Crippen LogP contribution in [0.1, 0.15) is 56.2 Å². The first-order valence-corrected chi connectivity index (χ1v) is 14.3. The maximum absolute atomic E-state index is 13.6. The van der Waals surface area contributed by atoms with Crippen molar-refractivity contribution in [3.63, 3.8) is 0 Å². The number of amides is 1. The molecule has 3 N–H and O–H groups in total. The molecular weight excluding hydrogens is 512 g/mol. The second-order valence-electron chi connectivity index (χ2n) is 10.5. The Morgan fingerprint density at radius 2 is 2.02 bits per heavy atom. The zero-order chi connectivity index (χ0) is 28.5. The summed E-state index contributed by atoms with van der Waals surface area (Å²) < 4.78 is 16.7. The number of methoxy groups -OCH3 is 1. The summed E-state index contributed by atoms with van der Waals surface area (Å²) >= 11 is 0. The van der Waals surface area contributed by atoms with Gasteiger partial charge in [0, 0.05) is 43.5 Å². The Hall–Kier alpha value is -3.37. The predicted octanol–water partition coefficient (Wildman–Crippen LogP) is 3.29. The monoisotopic (exact) mass is 554 g/mol. The van der Waals surface area contributed by atoms with Gasteiger partial charge in [0.1, 0.15) is 0 Å². The molecule has 0 bridgehead atoms. The van der Waals surface area contributed by atoms with Crippen LogP contribution in [0, 0.1) is 5.92 Å². The van der Waals surface area contributed by atoms with Crippen molar-refractivity contribution < 1.29 is 28.9 Å². The normalized spacial score (nSPS) is 20.0. The number of rotatable bonds is 15. The van der Waals surface area contributed by atoms with E-state index in [1.165, 1.54) is 0 Å². The standard InChI is InChI=1S/C30H42N4O6/c1-3-4-14-33(15-8-6-12-31)27(35)19-34-18-23(21-16-25(38-2)29-26(17-21)39-20-40-29)28(30(36)37)24(34)11-10-22-9-5-7-13-32-22/h5,7,9,13,16-17,23-24,28H,3-4,6,8,10-12,14-15,18-20,31H2,1-2H3,(H,36,37)/t23-,24+,28?/m1/s1. The number of carboxylic acids is 1. The number of nitrogens with two attached hydrogens (primary N) is 1. The van der Waals surface area contributed by atoms with Crippen molar-refractivity contribution in [2.24, 2.45) is 11.7 Å². The number of carbonyl (C=O) groups is 2. The number of pyridine rings is 1. The van der Waals surface area contributed by atoms with E-state index >= 15 is 0 Å². The van der Waals surface area contributed by atoms with Gasteiger partial charge in [0.05, 0.1) is 19.6 Å². The van der Waals surface area contributed by atoms with Crippen molar-refractivity contribution >= 4 is 11.9 Å². The molecule has 1 aromatic carbocycles. The zero-order valence-electron chi connectivity index (χ0n) is 23.6. The molecule has 0 saturated carbocycles. The number of hydrogen-bond donors (Lipinski definition) is 2. The Labute approximate surface area is 236 Å². The van der Waals surface area contributed by atoms with Crippen LogP contribution in [0.4, 0.5) is 0 Å². The van der Waals surface area contributed by atoms with Crippen LogP contribution < -0.4 is 19.9 Å². The average Bonchev–Trinajstić information content (AvgIpc) is 3.58. The molecule has 1 unspecified atom stereocenters. The van der Waals surface area contributed by atoms with Crippen LogP contribution in [-0.2, 0) is 16.0 Å². The van der Waals surface area contributed by atoms with Crippen LogP contribution in [0.2, 0.25) is 0 Å². The lowest BCUT2D eigenvalue weighted by atomic mass is 9.83. The highest BCUT2D eigenvalue weighted by atomic mass is 16.7. The van der Waals surface area contributed by atoms with Crippen LogP contribution in [-0.4, -0.2) is 84.4 Å². The van der Waals surface area contributed by atoms with Gasteiger partial charge in [-0.05, 0) is 68.5 Å². The van der Waals surface area contributed by atoms with Gasteiger partial charge in [-0.25, -0.2) is 0 Å². The third-order valence-corrected chi connectivity index (χ3v) is 7.92. The van der Waals surface area contributed by atoms with Crippen molar-refractivity contribution in [2.75, 3.05) is 46.6 Å². The van der Waals surface area contributed by atoms with E-state index in [4.69, 9.17) is 19.9 Å². The first-order valence-electron chi connectivity index (χ1n) is 14.3. The number of ether oxygens (including phenoxy) is 3. The van der Waals surface area contributed by atoms with Gasteiger partial charge in [-0.2, -0.15) is 0 Å². The molecule has 1 saturated heterocycles. The fraction of sp³-hybridized carbons (Fsp3) is 0.567. The van der Waals surface area contributed by atoms with Crippen LogP contribution >= 0.6 is 0 Å². The minimum Gasteiger partial charge on any atom is -0.493 e. The van der Waals surface area contributed by atoms with Crippen molar-refractivity contribution in [2.45, 2.75) is 57.4 Å². The van der Waals surface area contributed by atoms with Gasteiger partial charge >= 0.3 is 5.97 Å². The molecule has 10 nitrogen and oxygen atoms in total. The molecule has 4 rings (SSSR count). The Bertz CT molecular complexity index is 1130. The van der Waals surface area contributed by atoms with Crippen LogP contribution in [0.3, 0.4) is 0 Å². The van der Waals surface area contributed by atoms with Crippen LogP contribution in [0.5, 0.6) is 17.2 Å². The SMILES string of the molecule is CCCCN(CCCCN)C(=O)CN1C[C@H](c2cc(OC)c3c(c2)OCO3)C(C(=O)O)[C@@H]1CCc1ccccn1. The van der Waals surface area contributed by atoms with Gasteiger partial charge in [0.15, 0.2) is 11.5 Å². The Morgan fingerprint density at radius 1 is 1.20 bits per heavy atom.